The van der Waals surface area contributed by atoms with Gasteiger partial charge in [0.1, 0.15) is 17.1 Å². The van der Waals surface area contributed by atoms with Gasteiger partial charge in [-0.15, -0.1) is 0 Å². The van der Waals surface area contributed by atoms with Crippen molar-refractivity contribution in [2.45, 2.75) is 41.5 Å². The first kappa shape index (κ1) is 32.7. The van der Waals surface area contributed by atoms with Gasteiger partial charge in [-0.2, -0.15) is 0 Å². The number of phenolic OH excluding ortho intramolecular Hbond substituents is 1. The summed E-state index contributed by atoms with van der Waals surface area (Å²) in [5, 5.41) is 28.3. The Hall–Kier alpha value is -5.68. The van der Waals surface area contributed by atoms with Gasteiger partial charge in [-0.1, -0.05) is 100.0 Å². The molecule has 0 amide bonds. The number of aromatic carboxylic acids is 1. The molecule has 0 unspecified atom stereocenters. The lowest BCUT2D eigenvalue weighted by Crippen LogP contribution is -2.03. The minimum absolute atomic E-state index is 0.0209. The highest BCUT2D eigenvalue weighted by Gasteiger charge is 2.22. The largest absolute Gasteiger partial charge is 0.508 e. The molecule has 6 aromatic rings. The van der Waals surface area contributed by atoms with E-state index >= 15 is 0 Å². The molecule has 5 heteroatoms. The Morgan fingerprint density at radius 1 is 0.638 bits per heavy atom. The van der Waals surface area contributed by atoms with Crippen LogP contribution in [0, 0.1) is 13.8 Å². The molecule has 2 aliphatic rings. The molecule has 8 rings (SSSR count). The number of carbonyl (C=O) groups is 1. The number of fused-ring (bicyclic) bond motifs is 2. The minimum atomic E-state index is -1.04. The number of carboxylic acid groups (broad SMARTS) is 1. The van der Waals surface area contributed by atoms with E-state index in [0.29, 0.717) is 33.4 Å². The Kier molecular flexibility index (Phi) is 9.57. The van der Waals surface area contributed by atoms with Crippen molar-refractivity contribution in [3.8, 4) is 28.2 Å². The Bertz CT molecular complexity index is 2370. The third kappa shape index (κ3) is 6.12. The van der Waals surface area contributed by atoms with Crippen molar-refractivity contribution in [2.24, 2.45) is 0 Å². The highest BCUT2D eigenvalue weighted by molar-refractivity contribution is 6.23. The van der Waals surface area contributed by atoms with E-state index in [0.717, 1.165) is 5.56 Å². The summed E-state index contributed by atoms with van der Waals surface area (Å²) in [6, 6.07) is 34.1. The summed E-state index contributed by atoms with van der Waals surface area (Å²) in [7, 11) is 0. The number of carboxylic acids is 1. The van der Waals surface area contributed by atoms with Gasteiger partial charge < -0.3 is 14.6 Å². The van der Waals surface area contributed by atoms with Crippen molar-refractivity contribution in [3.05, 3.63) is 136 Å². The van der Waals surface area contributed by atoms with Crippen molar-refractivity contribution < 1.29 is 19.4 Å². The second-order valence-corrected chi connectivity index (χ2v) is 10.9. The normalized spacial score (nSPS) is 10.7. The molecule has 5 nitrogen and oxygen atoms in total. The molecule has 0 saturated heterocycles. The van der Waals surface area contributed by atoms with Gasteiger partial charge in [-0.25, -0.2) is 4.79 Å². The van der Waals surface area contributed by atoms with Crippen LogP contribution in [0.4, 0.5) is 0 Å². The Morgan fingerprint density at radius 2 is 1.28 bits per heavy atom. The van der Waals surface area contributed by atoms with Crippen molar-refractivity contribution in [1.29, 1.82) is 0 Å². The number of benzene rings is 7. The van der Waals surface area contributed by atoms with Crippen LogP contribution in [0.5, 0.6) is 5.75 Å². The average Bonchev–Trinajstić information content (AvgIpc) is 3.08. The lowest BCUT2D eigenvalue weighted by molar-refractivity contribution is 0.0697. The molecule has 0 bridgehead atoms. The van der Waals surface area contributed by atoms with E-state index in [1.165, 1.54) is 62.1 Å². The van der Waals surface area contributed by atoms with E-state index in [1.807, 2.05) is 34.6 Å². The first-order chi connectivity index (χ1) is 22.8. The van der Waals surface area contributed by atoms with E-state index in [2.05, 4.69) is 61.5 Å². The van der Waals surface area contributed by atoms with Crippen LogP contribution >= 0.6 is 0 Å². The van der Waals surface area contributed by atoms with E-state index in [4.69, 9.17) is 4.42 Å². The highest BCUT2D eigenvalue weighted by Crippen LogP contribution is 2.42. The molecule has 1 aliphatic carbocycles. The van der Waals surface area contributed by atoms with Gasteiger partial charge >= 0.3 is 5.97 Å². The van der Waals surface area contributed by atoms with Crippen molar-refractivity contribution in [1.82, 2.24) is 0 Å². The number of aryl methyl sites for hydroxylation is 2. The molecule has 2 N–H and O–H groups in total. The van der Waals surface area contributed by atoms with Gasteiger partial charge in [0, 0.05) is 28.6 Å². The van der Waals surface area contributed by atoms with Crippen LogP contribution < -0.4 is 5.43 Å². The lowest BCUT2D eigenvalue weighted by atomic mass is 9.90. The smallest absolute Gasteiger partial charge is 0.336 e. The highest BCUT2D eigenvalue weighted by atomic mass is 16.4. The predicted octanol–water partition coefficient (Wildman–Crippen LogP) is 11.2. The van der Waals surface area contributed by atoms with Gasteiger partial charge in [0.2, 0.25) is 0 Å². The number of hydrogen-bond donors (Lipinski definition) is 2. The number of rotatable bonds is 2. The predicted molar refractivity (Wildman–Crippen MR) is 195 cm³/mol. The third-order valence-corrected chi connectivity index (χ3v) is 8.10. The fraction of sp³-hybridized carbons (Fsp3) is 0.143. The Balaban J connectivity index is 0.000000178. The van der Waals surface area contributed by atoms with Gasteiger partial charge in [0.15, 0.2) is 5.43 Å². The zero-order valence-corrected chi connectivity index (χ0v) is 27.5. The van der Waals surface area contributed by atoms with E-state index in [-0.39, 0.29) is 16.7 Å². The second-order valence-electron chi connectivity index (χ2n) is 10.9. The summed E-state index contributed by atoms with van der Waals surface area (Å²) >= 11 is 0. The second kappa shape index (κ2) is 13.8. The summed E-state index contributed by atoms with van der Waals surface area (Å²) < 4.78 is 5.79. The average molecular weight is 623 g/mol. The van der Waals surface area contributed by atoms with Crippen LogP contribution in [0.2, 0.25) is 0 Å². The quantitative estimate of drug-likeness (QED) is 0.148. The first-order valence-corrected chi connectivity index (χ1v) is 16.0. The zero-order chi connectivity index (χ0) is 33.8. The SMILES string of the molecule is CC.CC.Cc1ccc(C(=O)O)c(-c2c3ccc(=O)cc-3oc3cc(O)ccc23)c1.Cc1ccc2ccc3cccc4ccc1c2c34. The van der Waals surface area contributed by atoms with Crippen LogP contribution in [0.3, 0.4) is 0 Å². The van der Waals surface area contributed by atoms with Crippen molar-refractivity contribution in [3.63, 3.8) is 0 Å². The van der Waals surface area contributed by atoms with Crippen molar-refractivity contribution >= 4 is 49.3 Å². The molecule has 0 aromatic heterocycles. The topological polar surface area (TPSA) is 87.7 Å². The fourth-order valence-electron chi connectivity index (χ4n) is 6.08. The summed E-state index contributed by atoms with van der Waals surface area (Å²) in [5.74, 6) is -0.683. The van der Waals surface area contributed by atoms with Crippen molar-refractivity contribution in [2.75, 3.05) is 0 Å². The van der Waals surface area contributed by atoms with Crippen LogP contribution in [-0.4, -0.2) is 16.2 Å². The van der Waals surface area contributed by atoms with Gasteiger partial charge in [0.05, 0.1) is 5.56 Å². The number of aromatic hydroxyl groups is 1. The standard InChI is InChI=1S/C21H14O5.C17H12.2C2H6/c1-11-2-5-14(21(24)25)17(8-11)20-15-6-3-12(22)9-18(15)26-19-10-13(23)4-7-16(19)20;1-11-5-6-14-8-7-12-3-2-4-13-9-10-15(11)17(14)16(12)13;2*1-2/h2-10,22H,1H3,(H,24,25);2-10H,1H3;2*1-2H3. The van der Waals surface area contributed by atoms with Gasteiger partial charge in [-0.05, 0) is 87.6 Å². The third-order valence-electron chi connectivity index (χ3n) is 8.10. The van der Waals surface area contributed by atoms with E-state index in [9.17, 15) is 19.8 Å². The number of phenols is 1. The maximum absolute atomic E-state index is 11.8. The maximum Gasteiger partial charge on any atom is 0.336 e. The summed E-state index contributed by atoms with van der Waals surface area (Å²) in [6.07, 6.45) is 0. The molecule has 0 atom stereocenters. The molecule has 6 aromatic carbocycles. The summed E-state index contributed by atoms with van der Waals surface area (Å²) in [4.78, 5) is 23.5. The van der Waals surface area contributed by atoms with E-state index < -0.39 is 5.97 Å². The molecular formula is C42H38O5. The first-order valence-electron chi connectivity index (χ1n) is 16.0. The summed E-state index contributed by atoms with van der Waals surface area (Å²) in [5.41, 5.74) is 4.40. The molecule has 236 valence electrons. The fourth-order valence-corrected chi connectivity index (χ4v) is 6.08. The molecule has 0 fully saturated rings. The van der Waals surface area contributed by atoms with Gasteiger partial charge in [0.25, 0.3) is 0 Å². The molecular weight excluding hydrogens is 584 g/mol. The van der Waals surface area contributed by atoms with E-state index in [1.54, 1.807) is 30.3 Å². The number of hydrogen-bond acceptors (Lipinski definition) is 4. The monoisotopic (exact) mass is 622 g/mol. The van der Waals surface area contributed by atoms with Crippen LogP contribution in [0.25, 0.3) is 65.7 Å². The molecule has 0 saturated carbocycles. The molecule has 47 heavy (non-hydrogen) atoms. The van der Waals surface area contributed by atoms with Gasteiger partial charge in [-0.3, -0.25) is 4.79 Å². The molecule has 0 spiro atoms. The Morgan fingerprint density at radius 3 is 1.98 bits per heavy atom. The van der Waals surface area contributed by atoms with Crippen LogP contribution in [-0.2, 0) is 0 Å². The lowest BCUT2D eigenvalue weighted by Gasteiger charge is -2.17. The van der Waals surface area contributed by atoms with Crippen LogP contribution in [0.1, 0.15) is 49.2 Å². The molecule has 1 aliphatic heterocycles. The molecule has 0 radical (unpaired) electrons. The maximum atomic E-state index is 11.8. The summed E-state index contributed by atoms with van der Waals surface area (Å²) in [6.45, 7) is 12.1. The zero-order valence-electron chi connectivity index (χ0n) is 27.5. The minimum Gasteiger partial charge on any atom is -0.508 e. The molecule has 1 heterocycles. The van der Waals surface area contributed by atoms with Crippen LogP contribution in [0.15, 0.2) is 118 Å². The Labute approximate surface area is 274 Å².